The first-order valence-electron chi connectivity index (χ1n) is 7.77. The van der Waals surface area contributed by atoms with Crippen molar-refractivity contribution >= 4 is 23.2 Å². The molecule has 0 saturated carbocycles. The summed E-state index contributed by atoms with van der Waals surface area (Å²) in [5.41, 5.74) is 2.34. The predicted molar refractivity (Wildman–Crippen MR) is 89.1 cm³/mol. The molecule has 1 aromatic carbocycles. The molecular formula is C18H18FNO3S. The molecule has 0 radical (unpaired) electrons. The number of aliphatic carboxylic acids is 1. The van der Waals surface area contributed by atoms with Crippen molar-refractivity contribution in [3.8, 4) is 0 Å². The molecule has 6 heteroatoms. The molecule has 0 aliphatic carbocycles. The Kier molecular flexibility index (Phi) is 4.66. The lowest BCUT2D eigenvalue weighted by atomic mass is 9.82. The lowest BCUT2D eigenvalue weighted by molar-refractivity contribution is -0.152. The van der Waals surface area contributed by atoms with E-state index in [1.54, 1.807) is 17.9 Å². The minimum absolute atomic E-state index is 0.0626. The first-order chi connectivity index (χ1) is 11.5. The average Bonchev–Trinajstić information content (AvgIpc) is 3.02. The molecule has 2 atom stereocenters. The van der Waals surface area contributed by atoms with Crippen LogP contribution in [0.4, 0.5) is 4.39 Å². The van der Waals surface area contributed by atoms with Gasteiger partial charge in [-0.25, -0.2) is 4.39 Å². The largest absolute Gasteiger partial charge is 0.481 e. The Morgan fingerprint density at radius 3 is 2.83 bits per heavy atom. The quantitative estimate of drug-likeness (QED) is 0.916. The van der Waals surface area contributed by atoms with Gasteiger partial charge in [-0.3, -0.25) is 9.59 Å². The molecule has 0 bridgehead atoms. The molecule has 2 aromatic rings. The summed E-state index contributed by atoms with van der Waals surface area (Å²) in [6, 6.07) is 5.66. The Morgan fingerprint density at radius 2 is 2.21 bits per heavy atom. The molecule has 1 amide bonds. The Bertz CT molecular complexity index is 760. The first kappa shape index (κ1) is 16.6. The maximum atomic E-state index is 13.5. The summed E-state index contributed by atoms with van der Waals surface area (Å²) < 4.78 is 13.5. The zero-order valence-electron chi connectivity index (χ0n) is 13.2. The summed E-state index contributed by atoms with van der Waals surface area (Å²) in [5.74, 6) is -2.04. The molecule has 3 rings (SSSR count). The van der Waals surface area contributed by atoms with Crippen molar-refractivity contribution in [2.24, 2.45) is 5.92 Å². The van der Waals surface area contributed by atoms with Gasteiger partial charge in [-0.15, -0.1) is 0 Å². The second kappa shape index (κ2) is 6.73. The molecule has 1 aliphatic rings. The molecule has 1 aliphatic heterocycles. The highest BCUT2D eigenvalue weighted by Crippen LogP contribution is 2.39. The van der Waals surface area contributed by atoms with Gasteiger partial charge in [-0.2, -0.15) is 11.3 Å². The minimum Gasteiger partial charge on any atom is -0.481 e. The zero-order chi connectivity index (χ0) is 17.3. The maximum absolute atomic E-state index is 13.5. The van der Waals surface area contributed by atoms with E-state index in [1.165, 1.54) is 23.5 Å². The van der Waals surface area contributed by atoms with Gasteiger partial charge in [-0.1, -0.05) is 6.07 Å². The van der Waals surface area contributed by atoms with Crippen LogP contribution in [0, 0.1) is 18.7 Å². The summed E-state index contributed by atoms with van der Waals surface area (Å²) in [5, 5.41) is 13.5. The van der Waals surface area contributed by atoms with Gasteiger partial charge in [0.1, 0.15) is 5.82 Å². The third-order valence-corrected chi connectivity index (χ3v) is 5.24. The predicted octanol–water partition coefficient (Wildman–Crippen LogP) is 3.76. The van der Waals surface area contributed by atoms with Gasteiger partial charge in [0, 0.05) is 13.0 Å². The van der Waals surface area contributed by atoms with Gasteiger partial charge in [0.25, 0.3) is 0 Å². The standard InChI is InChI=1S/C18H18FNO3S/c1-11-8-13(19)2-3-14(11)17-15(18(22)23)4-5-16(21)20(17)9-12-6-7-24-10-12/h2-3,6-8,10,15,17H,4-5,9H2,1H3,(H,22,23)/t15-,17+/m0/s1. The Morgan fingerprint density at radius 1 is 1.42 bits per heavy atom. The number of halogens is 1. The van der Waals surface area contributed by atoms with Crippen LogP contribution in [0.1, 0.15) is 35.6 Å². The van der Waals surface area contributed by atoms with E-state index >= 15 is 0 Å². The third kappa shape index (κ3) is 3.19. The molecule has 1 saturated heterocycles. The summed E-state index contributed by atoms with van der Waals surface area (Å²) in [7, 11) is 0. The van der Waals surface area contributed by atoms with Crippen LogP contribution in [-0.4, -0.2) is 21.9 Å². The van der Waals surface area contributed by atoms with Gasteiger partial charge in [0.2, 0.25) is 5.91 Å². The number of likely N-dealkylation sites (tertiary alicyclic amines) is 1. The van der Waals surface area contributed by atoms with Crippen molar-refractivity contribution in [2.45, 2.75) is 32.4 Å². The molecule has 2 heterocycles. The fourth-order valence-electron chi connectivity index (χ4n) is 3.33. The Labute approximate surface area is 143 Å². The molecule has 1 fully saturated rings. The smallest absolute Gasteiger partial charge is 0.308 e. The Hall–Kier alpha value is -2.21. The Balaban J connectivity index is 2.04. The molecule has 4 nitrogen and oxygen atoms in total. The number of carbonyl (C=O) groups is 2. The van der Waals surface area contributed by atoms with E-state index < -0.39 is 17.9 Å². The minimum atomic E-state index is -0.924. The second-order valence-electron chi connectivity index (χ2n) is 6.08. The lowest BCUT2D eigenvalue weighted by Crippen LogP contribution is -2.45. The van der Waals surface area contributed by atoms with E-state index in [9.17, 15) is 19.1 Å². The van der Waals surface area contributed by atoms with Crippen molar-refractivity contribution in [3.05, 3.63) is 57.5 Å². The van der Waals surface area contributed by atoms with Crippen LogP contribution >= 0.6 is 11.3 Å². The number of amides is 1. The van der Waals surface area contributed by atoms with E-state index in [2.05, 4.69) is 0 Å². The monoisotopic (exact) mass is 347 g/mol. The van der Waals surface area contributed by atoms with Crippen molar-refractivity contribution < 1.29 is 19.1 Å². The summed E-state index contributed by atoms with van der Waals surface area (Å²) >= 11 is 1.53. The van der Waals surface area contributed by atoms with Crippen LogP contribution in [0.15, 0.2) is 35.0 Å². The molecular weight excluding hydrogens is 329 g/mol. The van der Waals surface area contributed by atoms with Crippen molar-refractivity contribution in [3.63, 3.8) is 0 Å². The number of rotatable bonds is 4. The number of carboxylic acid groups (broad SMARTS) is 1. The second-order valence-corrected chi connectivity index (χ2v) is 6.86. The SMILES string of the molecule is Cc1cc(F)ccc1[C@@H]1[C@@H](C(=O)O)CCC(=O)N1Cc1ccsc1. The fraction of sp³-hybridized carbons (Fsp3) is 0.333. The molecule has 24 heavy (non-hydrogen) atoms. The summed E-state index contributed by atoms with van der Waals surface area (Å²) in [6.07, 6.45) is 0.521. The van der Waals surface area contributed by atoms with Crippen molar-refractivity contribution in [1.82, 2.24) is 4.90 Å². The van der Waals surface area contributed by atoms with Crippen LogP contribution in [0.25, 0.3) is 0 Å². The van der Waals surface area contributed by atoms with E-state index in [0.717, 1.165) is 5.56 Å². The number of hydrogen-bond acceptors (Lipinski definition) is 3. The van der Waals surface area contributed by atoms with E-state index in [0.29, 0.717) is 24.1 Å². The van der Waals surface area contributed by atoms with Crippen LogP contribution < -0.4 is 0 Å². The molecule has 0 unspecified atom stereocenters. The van der Waals surface area contributed by atoms with E-state index in [4.69, 9.17) is 0 Å². The zero-order valence-corrected chi connectivity index (χ0v) is 14.1. The van der Waals surface area contributed by atoms with Gasteiger partial charge in [-0.05, 0) is 59.0 Å². The highest BCUT2D eigenvalue weighted by atomic mass is 32.1. The van der Waals surface area contributed by atoms with Gasteiger partial charge in [0.05, 0.1) is 12.0 Å². The van der Waals surface area contributed by atoms with Crippen LogP contribution in [-0.2, 0) is 16.1 Å². The summed E-state index contributed by atoms with van der Waals surface area (Å²) in [6.45, 7) is 2.12. The van der Waals surface area contributed by atoms with Crippen molar-refractivity contribution in [1.29, 1.82) is 0 Å². The van der Waals surface area contributed by atoms with E-state index in [-0.39, 0.29) is 18.1 Å². The molecule has 1 aromatic heterocycles. The number of carboxylic acids is 1. The number of carbonyl (C=O) groups excluding carboxylic acids is 1. The lowest BCUT2D eigenvalue weighted by Gasteiger charge is -2.40. The van der Waals surface area contributed by atoms with E-state index in [1.807, 2.05) is 16.8 Å². The highest BCUT2D eigenvalue weighted by molar-refractivity contribution is 7.07. The molecule has 0 spiro atoms. The third-order valence-electron chi connectivity index (χ3n) is 4.51. The van der Waals surface area contributed by atoms with Crippen LogP contribution in [0.2, 0.25) is 0 Å². The maximum Gasteiger partial charge on any atom is 0.308 e. The number of nitrogens with zero attached hydrogens (tertiary/aromatic N) is 1. The topological polar surface area (TPSA) is 57.6 Å². The molecule has 126 valence electrons. The molecule has 1 N–H and O–H groups in total. The number of aryl methyl sites for hydroxylation is 1. The number of piperidine rings is 1. The van der Waals surface area contributed by atoms with Gasteiger partial charge >= 0.3 is 5.97 Å². The number of thiophene rings is 1. The van der Waals surface area contributed by atoms with Gasteiger partial charge in [0.15, 0.2) is 0 Å². The van der Waals surface area contributed by atoms with Crippen LogP contribution in [0.5, 0.6) is 0 Å². The normalized spacial score (nSPS) is 21.1. The fourth-order valence-corrected chi connectivity index (χ4v) is 3.99. The number of benzene rings is 1. The van der Waals surface area contributed by atoms with Crippen LogP contribution in [0.3, 0.4) is 0 Å². The summed E-state index contributed by atoms with van der Waals surface area (Å²) in [4.78, 5) is 25.9. The highest BCUT2D eigenvalue weighted by Gasteiger charge is 2.41. The first-order valence-corrected chi connectivity index (χ1v) is 8.71. The van der Waals surface area contributed by atoms with Gasteiger partial charge < -0.3 is 10.0 Å². The van der Waals surface area contributed by atoms with Crippen molar-refractivity contribution in [2.75, 3.05) is 0 Å². The average molecular weight is 347 g/mol. The number of hydrogen-bond donors (Lipinski definition) is 1.